The first-order valence-corrected chi connectivity index (χ1v) is 8.89. The zero-order chi connectivity index (χ0) is 18.5. The molecule has 0 bridgehead atoms. The smallest absolute Gasteiger partial charge is 0.257 e. The van der Waals surface area contributed by atoms with Crippen LogP contribution in [-0.2, 0) is 11.3 Å². The molecule has 0 spiro atoms. The number of furan rings is 1. The number of nitrogens with zero attached hydrogens (tertiary/aromatic N) is 1. The molecule has 0 aliphatic carbocycles. The molecule has 7 heteroatoms. The molecule has 0 radical (unpaired) electrons. The molecule has 6 nitrogen and oxygen atoms in total. The second kappa shape index (κ2) is 8.27. The number of carbonyl (C=O) groups is 2. The van der Waals surface area contributed by atoms with Crippen LogP contribution in [0.15, 0.2) is 41.0 Å². The van der Waals surface area contributed by atoms with Crippen LogP contribution >= 0.6 is 11.6 Å². The Morgan fingerprint density at radius 3 is 2.73 bits per heavy atom. The van der Waals surface area contributed by atoms with E-state index in [0.29, 0.717) is 48.8 Å². The summed E-state index contributed by atoms with van der Waals surface area (Å²) in [6.07, 6.45) is 2.84. The number of nitrogens with one attached hydrogen (secondary N) is 1. The number of carbonyl (C=O) groups excluding carboxylic acids is 2. The highest BCUT2D eigenvalue weighted by atomic mass is 35.5. The van der Waals surface area contributed by atoms with Gasteiger partial charge in [0.15, 0.2) is 0 Å². The normalized spacial score (nSPS) is 14.9. The van der Waals surface area contributed by atoms with Crippen molar-refractivity contribution in [3.63, 3.8) is 0 Å². The third kappa shape index (κ3) is 4.19. The van der Waals surface area contributed by atoms with Gasteiger partial charge in [-0.15, -0.1) is 0 Å². The molecule has 1 aromatic carbocycles. The Morgan fingerprint density at radius 1 is 1.31 bits per heavy atom. The molecule has 1 aromatic heterocycles. The molecule has 1 aliphatic rings. The van der Waals surface area contributed by atoms with Gasteiger partial charge in [-0.3, -0.25) is 9.59 Å². The van der Waals surface area contributed by atoms with E-state index in [0.717, 1.165) is 5.76 Å². The number of methoxy groups -OCH3 is 1. The molecule has 2 aromatic rings. The molecule has 2 heterocycles. The Bertz CT molecular complexity index is 768. The number of benzene rings is 1. The molecule has 1 fully saturated rings. The lowest BCUT2D eigenvalue weighted by Gasteiger charge is -2.31. The van der Waals surface area contributed by atoms with E-state index in [1.54, 1.807) is 35.4 Å². The first-order valence-electron chi connectivity index (χ1n) is 8.51. The number of piperidine rings is 1. The van der Waals surface area contributed by atoms with Crippen LogP contribution in [0.25, 0.3) is 0 Å². The molecule has 1 N–H and O–H groups in total. The van der Waals surface area contributed by atoms with Crippen LogP contribution in [0.3, 0.4) is 0 Å². The molecule has 3 rings (SSSR count). The zero-order valence-electron chi connectivity index (χ0n) is 14.5. The van der Waals surface area contributed by atoms with E-state index in [9.17, 15) is 9.59 Å². The molecule has 1 saturated heterocycles. The van der Waals surface area contributed by atoms with Crippen molar-refractivity contribution in [2.75, 3.05) is 20.2 Å². The Kier molecular flexibility index (Phi) is 5.83. The first kappa shape index (κ1) is 18.3. The molecular formula is C19H21ClN2O4. The first-order chi connectivity index (χ1) is 12.6. The van der Waals surface area contributed by atoms with Gasteiger partial charge in [0.2, 0.25) is 5.91 Å². The van der Waals surface area contributed by atoms with Crippen LogP contribution in [0.4, 0.5) is 0 Å². The van der Waals surface area contributed by atoms with Crippen LogP contribution in [0.1, 0.15) is 29.0 Å². The van der Waals surface area contributed by atoms with E-state index < -0.39 is 0 Å². The lowest BCUT2D eigenvalue weighted by molar-refractivity contribution is -0.126. The standard InChI is InChI=1S/C19H21ClN2O4/c1-25-17-11-14(20)4-5-16(17)19(24)22-8-6-13(7-9-22)18(23)21-12-15-3-2-10-26-15/h2-5,10-11,13H,6-9,12H2,1H3,(H,21,23). The fourth-order valence-corrected chi connectivity index (χ4v) is 3.25. The monoisotopic (exact) mass is 376 g/mol. The minimum atomic E-state index is -0.104. The lowest BCUT2D eigenvalue weighted by Crippen LogP contribution is -2.43. The zero-order valence-corrected chi connectivity index (χ0v) is 15.3. The van der Waals surface area contributed by atoms with Crippen molar-refractivity contribution in [3.05, 3.63) is 52.9 Å². The highest BCUT2D eigenvalue weighted by Crippen LogP contribution is 2.26. The molecular weight excluding hydrogens is 356 g/mol. The summed E-state index contributed by atoms with van der Waals surface area (Å²) >= 11 is 5.95. The van der Waals surface area contributed by atoms with Crippen molar-refractivity contribution in [1.29, 1.82) is 0 Å². The molecule has 2 amide bonds. The average Bonchev–Trinajstić information content (AvgIpc) is 3.19. The highest BCUT2D eigenvalue weighted by Gasteiger charge is 2.29. The summed E-state index contributed by atoms with van der Waals surface area (Å²) in [5, 5.41) is 3.40. The summed E-state index contributed by atoms with van der Waals surface area (Å²) in [6.45, 7) is 1.44. The SMILES string of the molecule is COc1cc(Cl)ccc1C(=O)N1CCC(C(=O)NCc2ccco2)CC1. The molecule has 26 heavy (non-hydrogen) atoms. The van der Waals surface area contributed by atoms with E-state index in [4.69, 9.17) is 20.8 Å². The van der Waals surface area contributed by atoms with Crippen molar-refractivity contribution in [2.45, 2.75) is 19.4 Å². The van der Waals surface area contributed by atoms with Crippen LogP contribution in [-0.4, -0.2) is 36.9 Å². The van der Waals surface area contributed by atoms with E-state index in [1.807, 2.05) is 6.07 Å². The number of rotatable bonds is 5. The third-order valence-corrected chi connectivity index (χ3v) is 4.80. The minimum absolute atomic E-state index is 0.00225. The Balaban J connectivity index is 1.54. The van der Waals surface area contributed by atoms with Crippen molar-refractivity contribution in [1.82, 2.24) is 10.2 Å². The maximum atomic E-state index is 12.7. The van der Waals surface area contributed by atoms with Crippen LogP contribution < -0.4 is 10.1 Å². The largest absolute Gasteiger partial charge is 0.496 e. The summed E-state index contributed by atoms with van der Waals surface area (Å²) in [5.41, 5.74) is 0.484. The number of amides is 2. The number of halogens is 1. The lowest BCUT2D eigenvalue weighted by atomic mass is 9.95. The number of likely N-dealkylation sites (tertiary alicyclic amines) is 1. The van der Waals surface area contributed by atoms with Gasteiger partial charge in [0.25, 0.3) is 5.91 Å². The fourth-order valence-electron chi connectivity index (χ4n) is 3.09. The quantitative estimate of drug-likeness (QED) is 0.870. The van der Waals surface area contributed by atoms with Crippen LogP contribution in [0.2, 0.25) is 5.02 Å². The second-order valence-corrected chi connectivity index (χ2v) is 6.64. The Morgan fingerprint density at radius 2 is 2.08 bits per heavy atom. The van der Waals surface area contributed by atoms with Gasteiger partial charge in [-0.25, -0.2) is 0 Å². The third-order valence-electron chi connectivity index (χ3n) is 4.56. The van der Waals surface area contributed by atoms with Crippen LogP contribution in [0.5, 0.6) is 5.75 Å². The van der Waals surface area contributed by atoms with E-state index in [2.05, 4.69) is 5.32 Å². The van der Waals surface area contributed by atoms with Gasteiger partial charge in [0, 0.05) is 24.0 Å². The minimum Gasteiger partial charge on any atom is -0.496 e. The molecule has 1 aliphatic heterocycles. The van der Waals surface area contributed by atoms with Gasteiger partial charge in [0.05, 0.1) is 25.5 Å². The van der Waals surface area contributed by atoms with Gasteiger partial charge in [0.1, 0.15) is 11.5 Å². The summed E-state index contributed by atoms with van der Waals surface area (Å²) in [6, 6.07) is 8.58. The summed E-state index contributed by atoms with van der Waals surface area (Å²) in [5.74, 6) is 0.980. The maximum Gasteiger partial charge on any atom is 0.257 e. The van der Waals surface area contributed by atoms with Gasteiger partial charge < -0.3 is 19.4 Å². The summed E-state index contributed by atoms with van der Waals surface area (Å²) < 4.78 is 10.5. The summed E-state index contributed by atoms with van der Waals surface area (Å²) in [7, 11) is 1.51. The van der Waals surface area contributed by atoms with Gasteiger partial charge in [-0.05, 0) is 43.2 Å². The predicted molar refractivity (Wildman–Crippen MR) is 97.2 cm³/mol. The van der Waals surface area contributed by atoms with Crippen molar-refractivity contribution in [3.8, 4) is 5.75 Å². The van der Waals surface area contributed by atoms with E-state index in [-0.39, 0.29) is 17.7 Å². The van der Waals surface area contributed by atoms with Crippen molar-refractivity contribution < 1.29 is 18.7 Å². The molecule has 0 saturated carbocycles. The number of hydrogen-bond donors (Lipinski definition) is 1. The molecule has 138 valence electrons. The fraction of sp³-hybridized carbons (Fsp3) is 0.368. The second-order valence-electron chi connectivity index (χ2n) is 6.21. The van der Waals surface area contributed by atoms with E-state index in [1.165, 1.54) is 7.11 Å². The number of ether oxygens (including phenoxy) is 1. The Labute approximate surface area is 157 Å². The predicted octanol–water partition coefficient (Wildman–Crippen LogP) is 3.11. The van der Waals surface area contributed by atoms with Gasteiger partial charge in [-0.2, -0.15) is 0 Å². The molecule has 0 atom stereocenters. The summed E-state index contributed by atoms with van der Waals surface area (Å²) in [4.78, 5) is 26.8. The van der Waals surface area contributed by atoms with Gasteiger partial charge >= 0.3 is 0 Å². The van der Waals surface area contributed by atoms with Gasteiger partial charge in [-0.1, -0.05) is 11.6 Å². The van der Waals surface area contributed by atoms with Crippen molar-refractivity contribution in [2.24, 2.45) is 5.92 Å². The van der Waals surface area contributed by atoms with Crippen molar-refractivity contribution >= 4 is 23.4 Å². The van der Waals surface area contributed by atoms with E-state index >= 15 is 0 Å². The average molecular weight is 377 g/mol. The van der Waals surface area contributed by atoms with Crippen LogP contribution in [0, 0.1) is 5.92 Å². The highest BCUT2D eigenvalue weighted by molar-refractivity contribution is 6.30. The Hall–Kier alpha value is -2.47. The number of hydrogen-bond acceptors (Lipinski definition) is 4. The topological polar surface area (TPSA) is 71.8 Å². The maximum absolute atomic E-state index is 12.7. The molecule has 0 unspecified atom stereocenters.